The van der Waals surface area contributed by atoms with Crippen LogP contribution in [0.1, 0.15) is 37.3 Å². The average Bonchev–Trinajstić information content (AvgIpc) is 2.40. The molecule has 0 aliphatic rings. The van der Waals surface area contributed by atoms with Crippen molar-refractivity contribution in [2.45, 2.75) is 56.5 Å². The first-order chi connectivity index (χ1) is 9.13. The molecule has 0 aromatic heterocycles. The van der Waals surface area contributed by atoms with E-state index in [4.69, 9.17) is 9.47 Å². The lowest BCUT2D eigenvalue weighted by atomic mass is 10.2. The van der Waals surface area contributed by atoms with Gasteiger partial charge in [0.25, 0.3) is 0 Å². The van der Waals surface area contributed by atoms with Crippen LogP contribution < -0.4 is 0 Å². The monoisotopic (exact) mass is 282 g/mol. The zero-order valence-corrected chi connectivity index (χ0v) is 13.5. The van der Waals surface area contributed by atoms with Crippen molar-refractivity contribution in [2.24, 2.45) is 0 Å². The van der Waals surface area contributed by atoms with E-state index >= 15 is 0 Å². The summed E-state index contributed by atoms with van der Waals surface area (Å²) in [6.45, 7) is 6.55. The van der Waals surface area contributed by atoms with E-state index in [1.807, 2.05) is 11.8 Å². The summed E-state index contributed by atoms with van der Waals surface area (Å²) in [6, 6.07) is 6.45. The molecule has 0 radical (unpaired) electrons. The number of unbranched alkanes of at least 4 members (excludes halogenated alkanes) is 1. The Morgan fingerprint density at radius 3 is 2.16 bits per heavy atom. The van der Waals surface area contributed by atoms with Crippen molar-refractivity contribution >= 4 is 11.8 Å². The molecule has 0 heterocycles. The maximum atomic E-state index is 5.47. The molecule has 3 heteroatoms. The first-order valence-electron chi connectivity index (χ1n) is 6.92. The topological polar surface area (TPSA) is 18.5 Å². The highest BCUT2D eigenvalue weighted by atomic mass is 32.2. The number of hydrogen-bond donors (Lipinski definition) is 0. The Balaban J connectivity index is 2.86. The Morgan fingerprint density at radius 2 is 1.68 bits per heavy atom. The highest BCUT2D eigenvalue weighted by Gasteiger charge is 2.23. The zero-order chi connectivity index (χ0) is 14.3. The van der Waals surface area contributed by atoms with Crippen LogP contribution in [0, 0.1) is 13.8 Å². The van der Waals surface area contributed by atoms with Gasteiger partial charge in [0.2, 0.25) is 0 Å². The Hall–Kier alpha value is -0.510. The van der Waals surface area contributed by atoms with Gasteiger partial charge in [-0.1, -0.05) is 38.0 Å². The van der Waals surface area contributed by atoms with E-state index in [0.29, 0.717) is 5.25 Å². The summed E-state index contributed by atoms with van der Waals surface area (Å²) in [5, 5.41) is 0.342. The van der Waals surface area contributed by atoms with Gasteiger partial charge in [-0.25, -0.2) is 0 Å². The van der Waals surface area contributed by atoms with E-state index in [1.165, 1.54) is 28.9 Å². The summed E-state index contributed by atoms with van der Waals surface area (Å²) < 4.78 is 10.9. The summed E-state index contributed by atoms with van der Waals surface area (Å²) >= 11 is 1.89. The molecule has 0 bridgehead atoms. The minimum Gasteiger partial charge on any atom is -0.355 e. The largest absolute Gasteiger partial charge is 0.355 e. The first-order valence-corrected chi connectivity index (χ1v) is 7.80. The third-order valence-corrected chi connectivity index (χ3v) is 4.93. The van der Waals surface area contributed by atoms with Crippen LogP contribution in [0.4, 0.5) is 0 Å². The molecule has 0 fully saturated rings. The molecule has 19 heavy (non-hydrogen) atoms. The summed E-state index contributed by atoms with van der Waals surface area (Å²) in [7, 11) is 3.44. The first kappa shape index (κ1) is 16.5. The van der Waals surface area contributed by atoms with E-state index in [1.54, 1.807) is 14.2 Å². The molecule has 1 atom stereocenters. The third kappa shape index (κ3) is 4.83. The minimum absolute atomic E-state index is 0.143. The van der Waals surface area contributed by atoms with Crippen molar-refractivity contribution < 1.29 is 9.47 Å². The Morgan fingerprint density at radius 1 is 1.11 bits per heavy atom. The fraction of sp³-hybridized carbons (Fsp3) is 0.625. The molecular formula is C16H26O2S. The van der Waals surface area contributed by atoms with Gasteiger partial charge in [-0.05, 0) is 31.4 Å². The summed E-state index contributed by atoms with van der Waals surface area (Å²) in [5.74, 6) is 0. The van der Waals surface area contributed by atoms with Gasteiger partial charge in [0.05, 0.1) is 5.25 Å². The third-order valence-electron chi connectivity index (χ3n) is 3.29. The predicted molar refractivity (Wildman–Crippen MR) is 82.9 cm³/mol. The van der Waals surface area contributed by atoms with Crippen molar-refractivity contribution in [3.05, 3.63) is 29.3 Å². The summed E-state index contributed by atoms with van der Waals surface area (Å²) in [4.78, 5) is 1.36. The second-order valence-corrected chi connectivity index (χ2v) is 6.11. The van der Waals surface area contributed by atoms with Crippen LogP contribution in [0.2, 0.25) is 0 Å². The number of rotatable bonds is 8. The quantitative estimate of drug-likeness (QED) is 0.514. The van der Waals surface area contributed by atoms with Crippen LogP contribution in [0.25, 0.3) is 0 Å². The standard InChI is InChI=1S/C16H26O2S/c1-6-7-11-14(16(17-4)18-5)19-15-12(2)9-8-10-13(15)3/h8-10,14,16H,6-7,11H2,1-5H3. The predicted octanol–water partition coefficient (Wildman–Crippen LogP) is 4.57. The highest BCUT2D eigenvalue weighted by molar-refractivity contribution is 8.00. The van der Waals surface area contributed by atoms with Gasteiger partial charge in [-0.2, -0.15) is 0 Å². The normalized spacial score (nSPS) is 12.9. The van der Waals surface area contributed by atoms with Crippen molar-refractivity contribution in [3.8, 4) is 0 Å². The van der Waals surface area contributed by atoms with E-state index < -0.39 is 0 Å². The van der Waals surface area contributed by atoms with E-state index in [-0.39, 0.29) is 6.29 Å². The second kappa shape index (κ2) is 8.62. The molecule has 1 aromatic rings. The maximum Gasteiger partial charge on any atom is 0.168 e. The Bertz CT molecular complexity index is 355. The van der Waals surface area contributed by atoms with Gasteiger partial charge in [-0.3, -0.25) is 0 Å². The van der Waals surface area contributed by atoms with Crippen LogP contribution >= 0.6 is 11.8 Å². The lowest BCUT2D eigenvalue weighted by Gasteiger charge is -2.25. The minimum atomic E-state index is -0.143. The molecule has 1 aromatic carbocycles. The van der Waals surface area contributed by atoms with Crippen molar-refractivity contribution in [1.29, 1.82) is 0 Å². The van der Waals surface area contributed by atoms with Gasteiger partial charge in [0.15, 0.2) is 6.29 Å². The van der Waals surface area contributed by atoms with E-state index in [0.717, 1.165) is 6.42 Å². The number of methoxy groups -OCH3 is 2. The smallest absolute Gasteiger partial charge is 0.168 e. The molecule has 0 aliphatic carbocycles. The van der Waals surface area contributed by atoms with Crippen LogP contribution in [0.5, 0.6) is 0 Å². The van der Waals surface area contributed by atoms with Crippen molar-refractivity contribution in [3.63, 3.8) is 0 Å². The lowest BCUT2D eigenvalue weighted by molar-refractivity contribution is -0.102. The molecular weight excluding hydrogens is 256 g/mol. The van der Waals surface area contributed by atoms with Gasteiger partial charge >= 0.3 is 0 Å². The van der Waals surface area contributed by atoms with Crippen LogP contribution in [0.15, 0.2) is 23.1 Å². The lowest BCUT2D eigenvalue weighted by Crippen LogP contribution is -2.27. The van der Waals surface area contributed by atoms with E-state index in [2.05, 4.69) is 39.0 Å². The molecule has 108 valence electrons. The fourth-order valence-corrected chi connectivity index (χ4v) is 3.62. The fourth-order valence-electron chi connectivity index (χ4n) is 2.19. The SMILES string of the molecule is CCCCC(Sc1c(C)cccc1C)C(OC)OC. The second-order valence-electron chi connectivity index (χ2n) is 4.86. The molecule has 0 spiro atoms. The number of aryl methyl sites for hydroxylation is 2. The van der Waals surface area contributed by atoms with Crippen molar-refractivity contribution in [2.75, 3.05) is 14.2 Å². The number of hydrogen-bond acceptors (Lipinski definition) is 3. The van der Waals surface area contributed by atoms with Crippen LogP contribution in [0.3, 0.4) is 0 Å². The average molecular weight is 282 g/mol. The van der Waals surface area contributed by atoms with Crippen molar-refractivity contribution in [1.82, 2.24) is 0 Å². The van der Waals surface area contributed by atoms with Gasteiger partial charge in [0.1, 0.15) is 0 Å². The van der Waals surface area contributed by atoms with Gasteiger partial charge < -0.3 is 9.47 Å². The maximum absolute atomic E-state index is 5.47. The molecule has 1 unspecified atom stereocenters. The molecule has 0 saturated carbocycles. The number of thioether (sulfide) groups is 1. The molecule has 1 rings (SSSR count). The highest BCUT2D eigenvalue weighted by Crippen LogP contribution is 2.34. The Labute approximate surface area is 121 Å². The number of benzene rings is 1. The Kier molecular flexibility index (Phi) is 7.51. The van der Waals surface area contributed by atoms with Crippen LogP contribution in [-0.4, -0.2) is 25.8 Å². The van der Waals surface area contributed by atoms with Gasteiger partial charge in [0, 0.05) is 19.1 Å². The molecule has 0 N–H and O–H groups in total. The van der Waals surface area contributed by atoms with Gasteiger partial charge in [-0.15, -0.1) is 11.8 Å². The molecule has 0 amide bonds. The van der Waals surface area contributed by atoms with Crippen LogP contribution in [-0.2, 0) is 9.47 Å². The molecule has 2 nitrogen and oxygen atoms in total. The summed E-state index contributed by atoms with van der Waals surface area (Å²) in [5.41, 5.74) is 2.66. The molecule has 0 aliphatic heterocycles. The zero-order valence-electron chi connectivity index (χ0n) is 12.7. The van der Waals surface area contributed by atoms with E-state index in [9.17, 15) is 0 Å². The number of ether oxygens (including phenoxy) is 2. The summed E-state index contributed by atoms with van der Waals surface area (Å²) in [6.07, 6.45) is 3.37. The molecule has 0 saturated heterocycles.